The summed E-state index contributed by atoms with van der Waals surface area (Å²) in [6, 6.07) is 0.332. The van der Waals surface area contributed by atoms with Gasteiger partial charge in [0, 0.05) is 12.3 Å². The fraction of sp³-hybridized carbons (Fsp3) is 1.00. The Balaban J connectivity index is 3.89. The molecule has 0 spiro atoms. The highest BCUT2D eigenvalue weighted by Crippen LogP contribution is 1.96. The molecular formula is C9H21NO4S2. The average molecular weight is 271 g/mol. The lowest BCUT2D eigenvalue weighted by atomic mass is 10.4. The van der Waals surface area contributed by atoms with Crippen LogP contribution in [0.5, 0.6) is 0 Å². The maximum atomic E-state index is 11.4. The van der Waals surface area contributed by atoms with Gasteiger partial charge in [0.15, 0.2) is 9.84 Å². The zero-order chi connectivity index (χ0) is 12.8. The summed E-state index contributed by atoms with van der Waals surface area (Å²) in [5, 5.41) is 3.11. The first-order chi connectivity index (χ1) is 7.12. The van der Waals surface area contributed by atoms with E-state index in [0.29, 0.717) is 19.0 Å². The molecule has 0 rings (SSSR count). The minimum Gasteiger partial charge on any atom is -0.314 e. The van der Waals surface area contributed by atoms with Crippen LogP contribution in [0, 0.1) is 0 Å². The molecule has 0 aromatic heterocycles. The minimum atomic E-state index is -3.23. The van der Waals surface area contributed by atoms with E-state index in [0.717, 1.165) is 6.26 Å². The molecular weight excluding hydrogens is 250 g/mol. The quantitative estimate of drug-likeness (QED) is 0.620. The van der Waals surface area contributed by atoms with Gasteiger partial charge >= 0.3 is 0 Å². The SMILES string of the molecule is CC(C)NCCCS(=O)(=O)CCS(C)(=O)=O. The van der Waals surface area contributed by atoms with Crippen molar-refractivity contribution in [3.8, 4) is 0 Å². The Bertz CT molecular complexity index is 384. The first kappa shape index (κ1) is 15.9. The van der Waals surface area contributed by atoms with Crippen LogP contribution < -0.4 is 5.32 Å². The molecule has 0 aliphatic carbocycles. The van der Waals surface area contributed by atoms with Crippen molar-refractivity contribution in [3.63, 3.8) is 0 Å². The standard InChI is InChI=1S/C9H21NO4S2/c1-9(2)10-5-4-6-16(13,14)8-7-15(3,11)12/h9-10H,4-8H2,1-3H3. The lowest BCUT2D eigenvalue weighted by Crippen LogP contribution is -2.26. The van der Waals surface area contributed by atoms with Gasteiger partial charge in [-0.3, -0.25) is 0 Å². The second kappa shape index (κ2) is 6.56. The maximum absolute atomic E-state index is 11.4. The molecule has 0 aliphatic heterocycles. The summed E-state index contributed by atoms with van der Waals surface area (Å²) in [5.41, 5.74) is 0. The Hall–Kier alpha value is -0.140. The first-order valence-corrected chi connectivity index (χ1v) is 9.12. The molecule has 0 saturated heterocycles. The van der Waals surface area contributed by atoms with Crippen molar-refractivity contribution in [2.45, 2.75) is 26.3 Å². The molecule has 0 aliphatic rings. The highest BCUT2D eigenvalue weighted by Gasteiger charge is 2.14. The zero-order valence-electron chi connectivity index (χ0n) is 10.1. The lowest BCUT2D eigenvalue weighted by Gasteiger charge is -2.07. The highest BCUT2D eigenvalue weighted by molar-refractivity contribution is 7.94. The molecule has 7 heteroatoms. The zero-order valence-corrected chi connectivity index (χ0v) is 11.7. The molecule has 0 amide bonds. The van der Waals surface area contributed by atoms with Gasteiger partial charge in [-0.2, -0.15) is 0 Å². The Labute approximate surface area is 98.5 Å². The summed E-state index contributed by atoms with van der Waals surface area (Å²) in [6.45, 7) is 4.60. The molecule has 98 valence electrons. The van der Waals surface area contributed by atoms with Crippen LogP contribution in [0.1, 0.15) is 20.3 Å². The van der Waals surface area contributed by atoms with Gasteiger partial charge in [0.1, 0.15) is 9.84 Å². The van der Waals surface area contributed by atoms with Crippen molar-refractivity contribution in [2.75, 3.05) is 30.1 Å². The van der Waals surface area contributed by atoms with Crippen LogP contribution in [0.15, 0.2) is 0 Å². The minimum absolute atomic E-state index is 0.0439. The Kier molecular flexibility index (Phi) is 6.50. The number of hydrogen-bond acceptors (Lipinski definition) is 5. The van der Waals surface area contributed by atoms with Crippen LogP contribution in [-0.4, -0.2) is 52.9 Å². The van der Waals surface area contributed by atoms with Crippen LogP contribution in [-0.2, 0) is 19.7 Å². The second-order valence-electron chi connectivity index (χ2n) is 4.24. The van der Waals surface area contributed by atoms with Gasteiger partial charge in [0.2, 0.25) is 0 Å². The third-order valence-corrected chi connectivity index (χ3v) is 4.89. The summed E-state index contributed by atoms with van der Waals surface area (Å²) >= 11 is 0. The third-order valence-electron chi connectivity index (χ3n) is 1.95. The van der Waals surface area contributed by atoms with Gasteiger partial charge in [0.25, 0.3) is 0 Å². The van der Waals surface area contributed by atoms with E-state index >= 15 is 0 Å². The molecule has 0 radical (unpaired) electrons. The van der Waals surface area contributed by atoms with Crippen molar-refractivity contribution < 1.29 is 16.8 Å². The van der Waals surface area contributed by atoms with E-state index in [-0.39, 0.29) is 17.3 Å². The number of nitrogens with one attached hydrogen (secondary N) is 1. The Morgan fingerprint density at radius 1 is 1.00 bits per heavy atom. The highest BCUT2D eigenvalue weighted by atomic mass is 32.2. The number of hydrogen-bond donors (Lipinski definition) is 1. The summed E-state index contributed by atoms with van der Waals surface area (Å²) in [7, 11) is -6.43. The van der Waals surface area contributed by atoms with E-state index in [1.807, 2.05) is 13.8 Å². The fourth-order valence-electron chi connectivity index (χ4n) is 1.06. The number of sulfone groups is 2. The van der Waals surface area contributed by atoms with Crippen LogP contribution in [0.2, 0.25) is 0 Å². The van der Waals surface area contributed by atoms with E-state index in [2.05, 4.69) is 5.32 Å². The predicted octanol–water partition coefficient (Wildman–Crippen LogP) is -0.166. The third kappa shape index (κ3) is 10.4. The van der Waals surface area contributed by atoms with E-state index in [1.54, 1.807) is 0 Å². The van der Waals surface area contributed by atoms with Crippen molar-refractivity contribution >= 4 is 19.7 Å². The molecule has 0 unspecified atom stereocenters. The number of rotatable bonds is 8. The molecule has 0 atom stereocenters. The molecule has 0 saturated carbocycles. The van der Waals surface area contributed by atoms with Gasteiger partial charge in [0.05, 0.1) is 17.3 Å². The summed E-state index contributed by atoms with van der Waals surface area (Å²) in [6.07, 6.45) is 1.56. The fourth-order valence-corrected chi connectivity index (χ4v) is 4.08. The largest absolute Gasteiger partial charge is 0.314 e. The normalized spacial score (nSPS) is 13.2. The van der Waals surface area contributed by atoms with E-state index < -0.39 is 19.7 Å². The van der Waals surface area contributed by atoms with E-state index in [9.17, 15) is 16.8 Å². The van der Waals surface area contributed by atoms with Gasteiger partial charge in [-0.25, -0.2) is 16.8 Å². The smallest absolute Gasteiger partial charge is 0.151 e. The Morgan fingerprint density at radius 2 is 1.56 bits per heavy atom. The van der Waals surface area contributed by atoms with Gasteiger partial charge in [-0.1, -0.05) is 13.8 Å². The van der Waals surface area contributed by atoms with Gasteiger partial charge in [-0.05, 0) is 13.0 Å². The van der Waals surface area contributed by atoms with E-state index in [1.165, 1.54) is 0 Å². The van der Waals surface area contributed by atoms with Crippen LogP contribution in [0.3, 0.4) is 0 Å². The van der Waals surface area contributed by atoms with E-state index in [4.69, 9.17) is 0 Å². The monoisotopic (exact) mass is 271 g/mol. The summed E-state index contributed by atoms with van der Waals surface area (Å²) < 4.78 is 44.5. The molecule has 0 heterocycles. The topological polar surface area (TPSA) is 80.3 Å². The maximum Gasteiger partial charge on any atom is 0.151 e. The summed E-state index contributed by atoms with van der Waals surface area (Å²) in [5.74, 6) is -0.511. The van der Waals surface area contributed by atoms with Crippen molar-refractivity contribution in [1.29, 1.82) is 0 Å². The predicted molar refractivity (Wildman–Crippen MR) is 66.1 cm³/mol. The molecule has 0 aromatic carbocycles. The second-order valence-corrected chi connectivity index (χ2v) is 8.81. The van der Waals surface area contributed by atoms with Gasteiger partial charge < -0.3 is 5.32 Å². The van der Waals surface area contributed by atoms with Crippen LogP contribution in [0.25, 0.3) is 0 Å². The van der Waals surface area contributed by atoms with Crippen molar-refractivity contribution in [3.05, 3.63) is 0 Å². The average Bonchev–Trinajstić information content (AvgIpc) is 2.08. The molecule has 1 N–H and O–H groups in total. The van der Waals surface area contributed by atoms with Crippen LogP contribution >= 0.6 is 0 Å². The molecule has 16 heavy (non-hydrogen) atoms. The summed E-state index contributed by atoms with van der Waals surface area (Å²) in [4.78, 5) is 0. The Morgan fingerprint density at radius 3 is 2.00 bits per heavy atom. The lowest BCUT2D eigenvalue weighted by molar-refractivity contribution is 0.568. The van der Waals surface area contributed by atoms with Crippen molar-refractivity contribution in [1.82, 2.24) is 5.32 Å². The van der Waals surface area contributed by atoms with Gasteiger partial charge in [-0.15, -0.1) is 0 Å². The molecule has 0 bridgehead atoms. The molecule has 0 aromatic rings. The van der Waals surface area contributed by atoms with Crippen LogP contribution in [0.4, 0.5) is 0 Å². The molecule has 0 fully saturated rings. The van der Waals surface area contributed by atoms with Crippen molar-refractivity contribution in [2.24, 2.45) is 0 Å². The first-order valence-electron chi connectivity index (χ1n) is 5.24. The molecule has 5 nitrogen and oxygen atoms in total.